The Kier molecular flexibility index (Phi) is 4.06. The lowest BCUT2D eigenvalue weighted by Gasteiger charge is -2.16. The van der Waals surface area contributed by atoms with Gasteiger partial charge in [-0.1, -0.05) is 6.92 Å². The molecule has 1 N–H and O–H groups in total. The lowest BCUT2D eigenvalue weighted by molar-refractivity contribution is 0.506. The van der Waals surface area contributed by atoms with Gasteiger partial charge in [0.2, 0.25) is 0 Å². The summed E-state index contributed by atoms with van der Waals surface area (Å²) < 4.78 is 5.12. The van der Waals surface area contributed by atoms with E-state index in [1.165, 1.54) is 18.4 Å². The molecule has 4 heteroatoms. The van der Waals surface area contributed by atoms with Crippen LogP contribution in [-0.4, -0.2) is 22.6 Å². The highest BCUT2D eigenvalue weighted by atomic mass is 16.3. The number of hydrogen-bond donors (Lipinski definition) is 1. The van der Waals surface area contributed by atoms with Gasteiger partial charge < -0.3 is 9.73 Å². The molecule has 21 heavy (non-hydrogen) atoms. The molecule has 2 aromatic rings. The number of nitrogens with zero attached hydrogens (tertiary/aromatic N) is 2. The Morgan fingerprint density at radius 2 is 2.00 bits per heavy atom. The van der Waals surface area contributed by atoms with Crippen molar-refractivity contribution in [2.45, 2.75) is 46.1 Å². The standard InChI is InChI=1S/C17H23N3O/c1-11(9-18-15-4-5-15)8-16-12(2)19-17(20-13(16)3)14-6-7-21-10-14/h6-7,10-11,15,18H,4-5,8-9H2,1-3H3. The molecule has 0 radical (unpaired) electrons. The quantitative estimate of drug-likeness (QED) is 0.885. The first-order valence-electron chi connectivity index (χ1n) is 7.73. The van der Waals surface area contributed by atoms with E-state index in [1.54, 1.807) is 12.5 Å². The Hall–Kier alpha value is -1.68. The van der Waals surface area contributed by atoms with Gasteiger partial charge >= 0.3 is 0 Å². The van der Waals surface area contributed by atoms with E-state index in [2.05, 4.69) is 36.1 Å². The molecule has 0 aromatic carbocycles. The van der Waals surface area contributed by atoms with E-state index in [-0.39, 0.29) is 0 Å². The Morgan fingerprint density at radius 3 is 2.57 bits per heavy atom. The van der Waals surface area contributed by atoms with E-state index in [9.17, 15) is 0 Å². The molecule has 1 aliphatic carbocycles. The summed E-state index contributed by atoms with van der Waals surface area (Å²) in [7, 11) is 0. The highest BCUT2D eigenvalue weighted by Crippen LogP contribution is 2.22. The largest absolute Gasteiger partial charge is 0.472 e. The average Bonchev–Trinajstić information content (AvgIpc) is 3.12. The summed E-state index contributed by atoms with van der Waals surface area (Å²) in [5, 5.41) is 3.60. The van der Waals surface area contributed by atoms with Gasteiger partial charge in [0, 0.05) is 17.4 Å². The van der Waals surface area contributed by atoms with Gasteiger partial charge in [0.1, 0.15) is 6.26 Å². The van der Waals surface area contributed by atoms with Gasteiger partial charge in [-0.05, 0) is 57.2 Å². The molecule has 1 atom stereocenters. The van der Waals surface area contributed by atoms with E-state index in [1.807, 2.05) is 6.07 Å². The molecular formula is C17H23N3O. The molecule has 4 nitrogen and oxygen atoms in total. The van der Waals surface area contributed by atoms with E-state index < -0.39 is 0 Å². The van der Waals surface area contributed by atoms with Gasteiger partial charge in [-0.15, -0.1) is 0 Å². The summed E-state index contributed by atoms with van der Waals surface area (Å²) in [6.07, 6.45) is 7.06. The lowest BCUT2D eigenvalue weighted by atomic mass is 9.98. The molecule has 112 valence electrons. The maximum Gasteiger partial charge on any atom is 0.162 e. The third kappa shape index (κ3) is 3.50. The summed E-state index contributed by atoms with van der Waals surface area (Å²) in [5.74, 6) is 1.36. The zero-order valence-electron chi connectivity index (χ0n) is 13.0. The molecule has 2 heterocycles. The molecule has 1 saturated carbocycles. The minimum absolute atomic E-state index is 0.603. The van der Waals surface area contributed by atoms with Gasteiger partial charge in [0.05, 0.1) is 11.8 Å². The van der Waals surface area contributed by atoms with E-state index >= 15 is 0 Å². The van der Waals surface area contributed by atoms with Crippen LogP contribution in [0, 0.1) is 19.8 Å². The Labute approximate surface area is 126 Å². The van der Waals surface area contributed by atoms with Gasteiger partial charge in [-0.2, -0.15) is 0 Å². The molecule has 1 fully saturated rings. The Morgan fingerprint density at radius 1 is 1.29 bits per heavy atom. The third-order valence-electron chi connectivity index (χ3n) is 4.08. The first kappa shape index (κ1) is 14.3. The zero-order chi connectivity index (χ0) is 14.8. The molecule has 0 aliphatic heterocycles. The highest BCUT2D eigenvalue weighted by Gasteiger charge is 2.21. The monoisotopic (exact) mass is 285 g/mol. The summed E-state index contributed by atoms with van der Waals surface area (Å²) in [4.78, 5) is 9.29. The second kappa shape index (κ2) is 5.98. The molecule has 0 saturated heterocycles. The molecule has 0 spiro atoms. The first-order valence-corrected chi connectivity index (χ1v) is 7.73. The number of furan rings is 1. The SMILES string of the molecule is Cc1nc(-c2ccoc2)nc(C)c1CC(C)CNC1CC1. The summed E-state index contributed by atoms with van der Waals surface area (Å²) in [5.41, 5.74) is 4.39. The van der Waals surface area contributed by atoms with Crippen molar-refractivity contribution in [2.24, 2.45) is 5.92 Å². The van der Waals surface area contributed by atoms with Crippen LogP contribution >= 0.6 is 0 Å². The summed E-state index contributed by atoms with van der Waals surface area (Å²) in [6.45, 7) is 7.52. The van der Waals surface area contributed by atoms with Gasteiger partial charge in [-0.3, -0.25) is 0 Å². The van der Waals surface area contributed by atoms with Crippen molar-refractivity contribution in [3.63, 3.8) is 0 Å². The topological polar surface area (TPSA) is 51.0 Å². The fraction of sp³-hybridized carbons (Fsp3) is 0.529. The van der Waals surface area contributed by atoms with Crippen molar-refractivity contribution in [1.82, 2.24) is 15.3 Å². The van der Waals surface area contributed by atoms with Gasteiger partial charge in [0.25, 0.3) is 0 Å². The molecule has 1 unspecified atom stereocenters. The van der Waals surface area contributed by atoms with Crippen LogP contribution in [-0.2, 0) is 6.42 Å². The van der Waals surface area contributed by atoms with Crippen LogP contribution in [0.3, 0.4) is 0 Å². The number of rotatable bonds is 6. The second-order valence-corrected chi connectivity index (χ2v) is 6.20. The second-order valence-electron chi connectivity index (χ2n) is 6.20. The van der Waals surface area contributed by atoms with E-state index in [4.69, 9.17) is 4.42 Å². The zero-order valence-corrected chi connectivity index (χ0v) is 13.0. The fourth-order valence-corrected chi connectivity index (χ4v) is 2.63. The van der Waals surface area contributed by atoms with Crippen molar-refractivity contribution in [3.8, 4) is 11.4 Å². The molecular weight excluding hydrogens is 262 g/mol. The maximum absolute atomic E-state index is 5.12. The summed E-state index contributed by atoms with van der Waals surface area (Å²) >= 11 is 0. The van der Waals surface area contributed by atoms with Crippen LogP contribution in [0.2, 0.25) is 0 Å². The predicted octanol–water partition coefficient (Wildman–Crippen LogP) is 3.28. The molecule has 1 aliphatic rings. The molecule has 3 rings (SSSR count). The van der Waals surface area contributed by atoms with Gasteiger partial charge in [0.15, 0.2) is 5.82 Å². The molecule has 0 bridgehead atoms. The molecule has 2 aromatic heterocycles. The Bertz CT molecular complexity index is 579. The smallest absolute Gasteiger partial charge is 0.162 e. The molecule has 0 amide bonds. The van der Waals surface area contributed by atoms with Crippen molar-refractivity contribution in [1.29, 1.82) is 0 Å². The number of nitrogens with one attached hydrogen (secondary N) is 1. The first-order chi connectivity index (χ1) is 10.1. The predicted molar refractivity (Wildman–Crippen MR) is 83.1 cm³/mol. The fourth-order valence-electron chi connectivity index (χ4n) is 2.63. The van der Waals surface area contributed by atoms with Crippen molar-refractivity contribution >= 4 is 0 Å². The average molecular weight is 285 g/mol. The van der Waals surface area contributed by atoms with Gasteiger partial charge in [-0.25, -0.2) is 9.97 Å². The highest BCUT2D eigenvalue weighted by molar-refractivity contribution is 5.53. The van der Waals surface area contributed by atoms with E-state index in [0.29, 0.717) is 5.92 Å². The van der Waals surface area contributed by atoms with Crippen molar-refractivity contribution < 1.29 is 4.42 Å². The minimum atomic E-state index is 0.603. The van der Waals surface area contributed by atoms with Crippen LogP contribution in [0.5, 0.6) is 0 Å². The minimum Gasteiger partial charge on any atom is -0.472 e. The summed E-state index contributed by atoms with van der Waals surface area (Å²) in [6, 6.07) is 2.67. The van der Waals surface area contributed by atoms with Crippen LogP contribution < -0.4 is 5.32 Å². The van der Waals surface area contributed by atoms with E-state index in [0.717, 1.165) is 41.8 Å². The third-order valence-corrected chi connectivity index (χ3v) is 4.08. The van der Waals surface area contributed by atoms with Crippen LogP contribution in [0.1, 0.15) is 36.7 Å². The normalized spacial score (nSPS) is 16.1. The Balaban J connectivity index is 1.72. The number of hydrogen-bond acceptors (Lipinski definition) is 4. The number of aryl methyl sites for hydroxylation is 2. The van der Waals surface area contributed by atoms with Crippen LogP contribution in [0.15, 0.2) is 23.0 Å². The van der Waals surface area contributed by atoms with Crippen LogP contribution in [0.25, 0.3) is 11.4 Å². The lowest BCUT2D eigenvalue weighted by Crippen LogP contribution is -2.24. The van der Waals surface area contributed by atoms with Crippen molar-refractivity contribution in [3.05, 3.63) is 35.5 Å². The van der Waals surface area contributed by atoms with Crippen molar-refractivity contribution in [2.75, 3.05) is 6.54 Å². The van der Waals surface area contributed by atoms with Crippen LogP contribution in [0.4, 0.5) is 0 Å². The number of aromatic nitrogens is 2. The maximum atomic E-state index is 5.12.